The lowest BCUT2D eigenvalue weighted by atomic mass is 9.70. The Labute approximate surface area is 242 Å². The zero-order valence-corrected chi connectivity index (χ0v) is 26.5. The van der Waals surface area contributed by atoms with E-state index in [9.17, 15) is 13.2 Å². The van der Waals surface area contributed by atoms with Crippen molar-refractivity contribution in [1.82, 2.24) is 24.1 Å². The molecule has 0 aromatic carbocycles. The third-order valence-electron chi connectivity index (χ3n) is 9.96. The van der Waals surface area contributed by atoms with Crippen molar-refractivity contribution >= 4 is 21.6 Å². The van der Waals surface area contributed by atoms with Gasteiger partial charge in [0.2, 0.25) is 10.0 Å². The Hall–Kier alpha value is -1.62. The number of hydrogen-bond donors (Lipinski definition) is 1. The van der Waals surface area contributed by atoms with E-state index in [1.807, 2.05) is 6.92 Å². The highest BCUT2D eigenvalue weighted by molar-refractivity contribution is 7.88. The number of likely N-dealkylation sites (tertiary alicyclic amines) is 2. The molecule has 3 fully saturated rings. The Balaban J connectivity index is 1.22. The summed E-state index contributed by atoms with van der Waals surface area (Å²) in [5.74, 6) is 2.32. The summed E-state index contributed by atoms with van der Waals surface area (Å²) in [6.07, 6.45) is 11.7. The second-order valence-electron chi connectivity index (χ2n) is 13.6. The van der Waals surface area contributed by atoms with Crippen LogP contribution in [0, 0.1) is 24.2 Å². The first-order valence-electron chi connectivity index (χ1n) is 15.3. The summed E-state index contributed by atoms with van der Waals surface area (Å²) >= 11 is 0. The van der Waals surface area contributed by atoms with Crippen molar-refractivity contribution in [3.8, 4) is 0 Å². The standard InChI is InChI=1S/C30H52N6O3S/c1-22-28(32-21-33-29(22)31-19-23-7-9-24(10-8-23)30(2,3)4)27(37)20-35-15-11-26(12-16-35)36-17-13-25(14-18-36)34(5)40(6,38)39/h21,23-26H,7-20H2,1-6H3,(H,31,32,33). The Morgan fingerprint density at radius 3 is 2.20 bits per heavy atom. The van der Waals surface area contributed by atoms with Gasteiger partial charge >= 0.3 is 0 Å². The van der Waals surface area contributed by atoms with Gasteiger partial charge in [-0.1, -0.05) is 20.8 Å². The molecule has 2 aliphatic heterocycles. The summed E-state index contributed by atoms with van der Waals surface area (Å²) < 4.78 is 25.3. The molecule has 0 atom stereocenters. The first-order chi connectivity index (χ1) is 18.8. The Kier molecular flexibility index (Phi) is 10.3. The Bertz CT molecular complexity index is 1100. The second kappa shape index (κ2) is 13.1. The van der Waals surface area contributed by atoms with Crippen molar-refractivity contribution in [3.05, 3.63) is 17.6 Å². The number of nitrogens with zero attached hydrogens (tertiary/aromatic N) is 5. The zero-order valence-electron chi connectivity index (χ0n) is 25.7. The molecular formula is C30H52N6O3S. The van der Waals surface area contributed by atoms with Crippen LogP contribution in [0.4, 0.5) is 5.82 Å². The summed E-state index contributed by atoms with van der Waals surface area (Å²) in [7, 11) is -1.45. The van der Waals surface area contributed by atoms with E-state index in [1.54, 1.807) is 7.05 Å². The number of ketones is 1. The summed E-state index contributed by atoms with van der Waals surface area (Å²) in [6.45, 7) is 14.0. The van der Waals surface area contributed by atoms with Gasteiger partial charge in [0.05, 0.1) is 12.8 Å². The number of piperidine rings is 2. The molecule has 2 saturated heterocycles. The number of carbonyl (C=O) groups is 1. The van der Waals surface area contributed by atoms with Crippen LogP contribution in [-0.4, -0.2) is 103 Å². The fraction of sp³-hybridized carbons (Fsp3) is 0.833. The molecule has 1 N–H and O–H groups in total. The lowest BCUT2D eigenvalue weighted by Crippen LogP contribution is -2.51. The number of nitrogens with one attached hydrogen (secondary N) is 1. The fourth-order valence-electron chi connectivity index (χ4n) is 6.99. The fourth-order valence-corrected chi connectivity index (χ4v) is 7.74. The monoisotopic (exact) mass is 576 g/mol. The predicted octanol–water partition coefficient (Wildman–Crippen LogP) is 4.05. The lowest BCUT2D eigenvalue weighted by molar-refractivity contribution is 0.0686. The molecule has 0 amide bonds. The third-order valence-corrected chi connectivity index (χ3v) is 11.3. The van der Waals surface area contributed by atoms with Crippen molar-refractivity contribution in [2.45, 2.75) is 91.1 Å². The molecule has 40 heavy (non-hydrogen) atoms. The van der Waals surface area contributed by atoms with Gasteiger partial charge in [-0.3, -0.25) is 9.69 Å². The quantitative estimate of drug-likeness (QED) is 0.440. The van der Waals surface area contributed by atoms with Gasteiger partial charge in [-0.2, -0.15) is 0 Å². The van der Waals surface area contributed by atoms with Crippen LogP contribution in [-0.2, 0) is 10.0 Å². The van der Waals surface area contributed by atoms with Gasteiger partial charge in [-0.15, -0.1) is 0 Å². The topological polar surface area (TPSA) is 98.7 Å². The van der Waals surface area contributed by atoms with Crippen molar-refractivity contribution in [2.75, 3.05) is 57.9 Å². The number of sulfonamides is 1. The molecule has 4 rings (SSSR count). The van der Waals surface area contributed by atoms with Crippen LogP contribution in [0.2, 0.25) is 0 Å². The number of aromatic nitrogens is 2. The van der Waals surface area contributed by atoms with Gasteiger partial charge in [-0.25, -0.2) is 22.7 Å². The number of rotatable bonds is 9. The highest BCUT2D eigenvalue weighted by atomic mass is 32.2. The molecule has 0 bridgehead atoms. The molecule has 1 aliphatic carbocycles. The first-order valence-corrected chi connectivity index (χ1v) is 17.2. The molecular weight excluding hydrogens is 524 g/mol. The van der Waals surface area contributed by atoms with Crippen LogP contribution >= 0.6 is 0 Å². The largest absolute Gasteiger partial charge is 0.369 e. The van der Waals surface area contributed by atoms with Crippen LogP contribution in [0.5, 0.6) is 0 Å². The molecule has 9 nitrogen and oxygen atoms in total. The van der Waals surface area contributed by atoms with Gasteiger partial charge in [-0.05, 0) is 88.6 Å². The lowest BCUT2D eigenvalue weighted by Gasteiger charge is -2.42. The maximum absolute atomic E-state index is 13.3. The van der Waals surface area contributed by atoms with E-state index in [2.05, 4.69) is 45.9 Å². The minimum atomic E-state index is -3.14. The zero-order chi connectivity index (χ0) is 29.1. The molecule has 0 spiro atoms. The van der Waals surface area contributed by atoms with Crippen molar-refractivity contribution in [2.24, 2.45) is 17.3 Å². The summed E-state index contributed by atoms with van der Waals surface area (Å²) in [6, 6.07) is 0.605. The number of Topliss-reactive ketones (excluding diaryl/α,β-unsaturated/α-hetero) is 1. The molecule has 3 aliphatic rings. The molecule has 3 heterocycles. The summed E-state index contributed by atoms with van der Waals surface area (Å²) in [5, 5.41) is 3.54. The number of carbonyl (C=O) groups excluding carboxylic acids is 1. The van der Waals surface area contributed by atoms with E-state index in [0.29, 0.717) is 29.6 Å². The Morgan fingerprint density at radius 2 is 1.62 bits per heavy atom. The van der Waals surface area contributed by atoms with Crippen molar-refractivity contribution in [3.63, 3.8) is 0 Å². The van der Waals surface area contributed by atoms with Crippen LogP contribution in [0.15, 0.2) is 6.33 Å². The summed E-state index contributed by atoms with van der Waals surface area (Å²) in [4.78, 5) is 26.9. The normalized spacial score (nSPS) is 24.9. The number of hydrogen-bond acceptors (Lipinski definition) is 8. The Morgan fingerprint density at radius 1 is 1.00 bits per heavy atom. The number of anilines is 1. The van der Waals surface area contributed by atoms with E-state index in [1.165, 1.54) is 42.6 Å². The van der Waals surface area contributed by atoms with E-state index < -0.39 is 10.0 Å². The highest BCUT2D eigenvalue weighted by Crippen LogP contribution is 2.39. The van der Waals surface area contributed by atoms with Gasteiger partial charge in [0.1, 0.15) is 17.8 Å². The molecule has 226 valence electrons. The van der Waals surface area contributed by atoms with E-state index in [-0.39, 0.29) is 11.8 Å². The first kappa shape index (κ1) is 31.3. The van der Waals surface area contributed by atoms with Gasteiger partial charge in [0.15, 0.2) is 5.78 Å². The maximum Gasteiger partial charge on any atom is 0.211 e. The average molecular weight is 577 g/mol. The highest BCUT2D eigenvalue weighted by Gasteiger charge is 2.33. The maximum atomic E-state index is 13.3. The van der Waals surface area contributed by atoms with Crippen LogP contribution < -0.4 is 5.32 Å². The smallest absolute Gasteiger partial charge is 0.211 e. The van der Waals surface area contributed by atoms with Crippen LogP contribution in [0.3, 0.4) is 0 Å². The van der Waals surface area contributed by atoms with Gasteiger partial charge < -0.3 is 10.2 Å². The molecule has 1 saturated carbocycles. The molecule has 1 aromatic heterocycles. The SMILES string of the molecule is Cc1c(NCC2CCC(C(C)(C)C)CC2)ncnc1C(=O)CN1CCC(N2CCC(N(C)S(C)(=O)=O)CC2)CC1. The van der Waals surface area contributed by atoms with Crippen LogP contribution in [0.25, 0.3) is 0 Å². The van der Waals surface area contributed by atoms with Crippen molar-refractivity contribution < 1.29 is 13.2 Å². The van der Waals surface area contributed by atoms with E-state index in [4.69, 9.17) is 0 Å². The molecule has 0 unspecified atom stereocenters. The molecule has 0 radical (unpaired) electrons. The van der Waals surface area contributed by atoms with E-state index >= 15 is 0 Å². The van der Waals surface area contributed by atoms with Gasteiger partial charge in [0, 0.05) is 44.3 Å². The van der Waals surface area contributed by atoms with E-state index in [0.717, 1.165) is 75.7 Å². The average Bonchev–Trinajstić information content (AvgIpc) is 2.92. The van der Waals surface area contributed by atoms with Crippen LogP contribution in [0.1, 0.15) is 88.2 Å². The summed E-state index contributed by atoms with van der Waals surface area (Å²) in [5.41, 5.74) is 1.78. The minimum Gasteiger partial charge on any atom is -0.369 e. The molecule has 1 aromatic rings. The third kappa shape index (κ3) is 8.01. The second-order valence-corrected chi connectivity index (χ2v) is 15.7. The van der Waals surface area contributed by atoms with Crippen molar-refractivity contribution in [1.29, 1.82) is 0 Å². The van der Waals surface area contributed by atoms with Gasteiger partial charge in [0.25, 0.3) is 0 Å². The molecule has 10 heteroatoms. The predicted molar refractivity (Wildman–Crippen MR) is 161 cm³/mol. The minimum absolute atomic E-state index is 0.0664.